The summed E-state index contributed by atoms with van der Waals surface area (Å²) in [6, 6.07) is 20.6. The third-order valence-corrected chi connectivity index (χ3v) is 5.60. The Morgan fingerprint density at radius 3 is 2.42 bits per heavy atom. The summed E-state index contributed by atoms with van der Waals surface area (Å²) in [6.45, 7) is 6.52. The van der Waals surface area contributed by atoms with Gasteiger partial charge in [0.1, 0.15) is 6.73 Å². The highest BCUT2D eigenvalue weighted by Gasteiger charge is 2.33. The Labute approximate surface area is 186 Å². The van der Waals surface area contributed by atoms with E-state index in [0.29, 0.717) is 32.5 Å². The molecule has 4 nitrogen and oxygen atoms in total. The predicted molar refractivity (Wildman–Crippen MR) is 124 cm³/mol. The van der Waals surface area contributed by atoms with E-state index in [0.717, 1.165) is 19.3 Å². The van der Waals surface area contributed by atoms with Crippen LogP contribution in [0.5, 0.6) is 0 Å². The van der Waals surface area contributed by atoms with Gasteiger partial charge >= 0.3 is 0 Å². The van der Waals surface area contributed by atoms with E-state index < -0.39 is 0 Å². The molecule has 4 heteroatoms. The molecular weight excluding hydrogens is 386 g/mol. The fraction of sp³-hybridized carbons (Fsp3) is 0.444. The normalized spacial score (nSPS) is 17.5. The molecule has 1 amide bonds. The van der Waals surface area contributed by atoms with Gasteiger partial charge in [-0.2, -0.15) is 0 Å². The zero-order valence-electron chi connectivity index (χ0n) is 18.8. The molecule has 1 aliphatic heterocycles. The van der Waals surface area contributed by atoms with Crippen molar-refractivity contribution in [1.29, 1.82) is 0 Å². The smallest absolute Gasteiger partial charge is 0.228 e. The summed E-state index contributed by atoms with van der Waals surface area (Å²) in [7, 11) is 0. The van der Waals surface area contributed by atoms with E-state index in [1.165, 1.54) is 11.1 Å². The molecule has 3 rings (SSSR count). The summed E-state index contributed by atoms with van der Waals surface area (Å²) >= 11 is 0. The molecule has 0 aromatic heterocycles. The van der Waals surface area contributed by atoms with Crippen LogP contribution in [0, 0.1) is 11.8 Å². The van der Waals surface area contributed by atoms with Gasteiger partial charge in [0.05, 0.1) is 25.9 Å². The largest absolute Gasteiger partial charge is 0.373 e. The van der Waals surface area contributed by atoms with E-state index in [4.69, 9.17) is 9.47 Å². The van der Waals surface area contributed by atoms with Gasteiger partial charge in [-0.05, 0) is 36.3 Å². The summed E-state index contributed by atoms with van der Waals surface area (Å²) in [4.78, 5) is 15.3. The molecule has 2 aromatic carbocycles. The molecule has 0 radical (unpaired) electrons. The van der Waals surface area contributed by atoms with Crippen molar-refractivity contribution in [2.45, 2.75) is 45.8 Å². The lowest BCUT2D eigenvalue weighted by Crippen LogP contribution is -2.41. The van der Waals surface area contributed by atoms with Gasteiger partial charge in [0.15, 0.2) is 0 Å². The highest BCUT2D eigenvalue weighted by atomic mass is 16.5. The number of hydrogen-bond acceptors (Lipinski definition) is 3. The van der Waals surface area contributed by atoms with Gasteiger partial charge in [-0.1, -0.05) is 86.7 Å². The van der Waals surface area contributed by atoms with Crippen LogP contribution < -0.4 is 0 Å². The topological polar surface area (TPSA) is 38.8 Å². The Bertz CT molecular complexity index is 804. The van der Waals surface area contributed by atoms with Crippen molar-refractivity contribution in [3.63, 3.8) is 0 Å². The highest BCUT2D eigenvalue weighted by molar-refractivity contribution is 5.79. The molecule has 1 heterocycles. The molecule has 1 fully saturated rings. The number of hydrogen-bond donors (Lipinski definition) is 0. The van der Waals surface area contributed by atoms with Gasteiger partial charge < -0.3 is 14.4 Å². The number of amides is 1. The number of rotatable bonds is 11. The van der Waals surface area contributed by atoms with E-state index in [1.54, 1.807) is 0 Å². The van der Waals surface area contributed by atoms with Crippen LogP contribution in [0.25, 0.3) is 0 Å². The molecule has 0 bridgehead atoms. The second-order valence-corrected chi connectivity index (χ2v) is 8.69. The van der Waals surface area contributed by atoms with Crippen LogP contribution >= 0.6 is 0 Å². The average molecular weight is 422 g/mol. The summed E-state index contributed by atoms with van der Waals surface area (Å²) in [5.41, 5.74) is 2.41. The van der Waals surface area contributed by atoms with Crippen LogP contribution in [-0.4, -0.2) is 36.8 Å². The first-order chi connectivity index (χ1) is 15.1. The molecule has 0 spiro atoms. The zero-order valence-corrected chi connectivity index (χ0v) is 18.8. The fourth-order valence-corrected chi connectivity index (χ4v) is 4.03. The molecule has 2 aromatic rings. The first-order valence-electron chi connectivity index (χ1n) is 11.3. The highest BCUT2D eigenvalue weighted by Crippen LogP contribution is 2.24. The SMILES string of the molecule is CC(C)C[C@H](C/C=C/COCc1ccccc1)C(=O)N1COC[C@@H]1Cc1ccccc1. The molecular formula is C27H35NO3. The Morgan fingerprint density at radius 1 is 1.06 bits per heavy atom. The van der Waals surface area contributed by atoms with Gasteiger partial charge in [-0.25, -0.2) is 0 Å². The van der Waals surface area contributed by atoms with Crippen molar-refractivity contribution in [2.75, 3.05) is 19.9 Å². The van der Waals surface area contributed by atoms with Crippen LogP contribution in [0.3, 0.4) is 0 Å². The van der Waals surface area contributed by atoms with Crippen LogP contribution in [0.2, 0.25) is 0 Å². The van der Waals surface area contributed by atoms with Gasteiger partial charge in [0.25, 0.3) is 0 Å². The lowest BCUT2D eigenvalue weighted by Gasteiger charge is -2.28. The van der Waals surface area contributed by atoms with Crippen molar-refractivity contribution in [3.05, 3.63) is 83.9 Å². The molecule has 0 saturated carbocycles. The van der Waals surface area contributed by atoms with Gasteiger partial charge in [0, 0.05) is 5.92 Å². The van der Waals surface area contributed by atoms with Crippen LogP contribution in [-0.2, 0) is 27.3 Å². The molecule has 1 aliphatic rings. The summed E-state index contributed by atoms with van der Waals surface area (Å²) in [5.74, 6) is 0.653. The van der Waals surface area contributed by atoms with Crippen molar-refractivity contribution < 1.29 is 14.3 Å². The van der Waals surface area contributed by atoms with Gasteiger partial charge in [0.2, 0.25) is 5.91 Å². The van der Waals surface area contributed by atoms with Crippen molar-refractivity contribution >= 4 is 5.91 Å². The zero-order chi connectivity index (χ0) is 21.9. The minimum Gasteiger partial charge on any atom is -0.373 e. The number of allylic oxidation sites excluding steroid dienone is 1. The molecule has 2 atom stereocenters. The monoisotopic (exact) mass is 421 g/mol. The molecule has 31 heavy (non-hydrogen) atoms. The van der Waals surface area contributed by atoms with Crippen molar-refractivity contribution in [1.82, 2.24) is 4.90 Å². The number of carbonyl (C=O) groups is 1. The quantitative estimate of drug-likeness (QED) is 0.368. The lowest BCUT2D eigenvalue weighted by atomic mass is 9.92. The Morgan fingerprint density at radius 2 is 1.74 bits per heavy atom. The van der Waals surface area contributed by atoms with Crippen molar-refractivity contribution in [2.24, 2.45) is 11.8 Å². The Kier molecular flexibility index (Phi) is 9.32. The first-order valence-corrected chi connectivity index (χ1v) is 11.3. The fourth-order valence-electron chi connectivity index (χ4n) is 4.03. The Hall–Kier alpha value is -2.43. The molecule has 166 valence electrons. The summed E-state index contributed by atoms with van der Waals surface area (Å²) < 4.78 is 11.4. The van der Waals surface area contributed by atoms with E-state index in [1.807, 2.05) is 47.4 Å². The standard InChI is InChI=1S/C27H35NO3/c1-22(2)17-25(15-9-10-16-30-19-24-13-7-4-8-14-24)27(29)28-21-31-20-26(28)18-23-11-5-3-6-12-23/h3-14,22,25-26H,15-21H2,1-2H3/b10-9+/t25-,26-/m0/s1. The van der Waals surface area contributed by atoms with Crippen LogP contribution in [0.1, 0.15) is 37.8 Å². The number of benzene rings is 2. The van der Waals surface area contributed by atoms with Gasteiger partial charge in [-0.15, -0.1) is 0 Å². The summed E-state index contributed by atoms with van der Waals surface area (Å²) in [5, 5.41) is 0. The third-order valence-electron chi connectivity index (χ3n) is 5.60. The number of ether oxygens (including phenoxy) is 2. The van der Waals surface area contributed by atoms with E-state index in [-0.39, 0.29) is 17.9 Å². The van der Waals surface area contributed by atoms with E-state index >= 15 is 0 Å². The third kappa shape index (κ3) is 7.64. The second kappa shape index (κ2) is 12.4. The maximum absolute atomic E-state index is 13.4. The molecule has 0 N–H and O–H groups in total. The average Bonchev–Trinajstić information content (AvgIpc) is 3.24. The Balaban J connectivity index is 1.51. The lowest BCUT2D eigenvalue weighted by molar-refractivity contribution is -0.138. The van der Waals surface area contributed by atoms with Crippen molar-refractivity contribution in [3.8, 4) is 0 Å². The number of nitrogens with zero attached hydrogens (tertiary/aromatic N) is 1. The number of carbonyl (C=O) groups excluding carboxylic acids is 1. The minimum atomic E-state index is -0.0228. The van der Waals surface area contributed by atoms with Crippen LogP contribution in [0.4, 0.5) is 0 Å². The predicted octanol–water partition coefficient (Wildman–Crippen LogP) is 5.24. The molecule has 1 saturated heterocycles. The van der Waals surface area contributed by atoms with E-state index in [9.17, 15) is 4.79 Å². The van der Waals surface area contributed by atoms with E-state index in [2.05, 4.69) is 44.2 Å². The maximum atomic E-state index is 13.4. The second-order valence-electron chi connectivity index (χ2n) is 8.69. The summed E-state index contributed by atoms with van der Waals surface area (Å²) in [6.07, 6.45) is 6.58. The molecule has 0 unspecified atom stereocenters. The van der Waals surface area contributed by atoms with Gasteiger partial charge in [-0.3, -0.25) is 4.79 Å². The molecule has 0 aliphatic carbocycles. The minimum absolute atomic E-state index is 0.0228. The maximum Gasteiger partial charge on any atom is 0.228 e. The van der Waals surface area contributed by atoms with Crippen LogP contribution in [0.15, 0.2) is 72.8 Å². The first kappa shape index (κ1) is 23.2.